The summed E-state index contributed by atoms with van der Waals surface area (Å²) in [5.74, 6) is -0.0901. The molecule has 4 atom stereocenters. The minimum Gasteiger partial charge on any atom is -0.454 e. The Balaban J connectivity index is 2.06. The molecule has 0 aromatic heterocycles. The number of rotatable bonds is 1. The monoisotopic (exact) mass is 264 g/mol. The van der Waals surface area contributed by atoms with E-state index in [1.54, 1.807) is 0 Å². The molecule has 2 N–H and O–H groups in total. The second-order valence-corrected chi connectivity index (χ2v) is 6.35. The molecule has 1 heterocycles. The van der Waals surface area contributed by atoms with Crippen molar-refractivity contribution in [2.75, 3.05) is 6.61 Å². The van der Waals surface area contributed by atoms with Gasteiger partial charge in [-0.25, -0.2) is 4.79 Å². The number of hydrogen-bond donors (Lipinski definition) is 2. The van der Waals surface area contributed by atoms with Gasteiger partial charge in [0, 0.05) is 5.57 Å². The highest BCUT2D eigenvalue weighted by atomic mass is 16.5. The first-order valence-corrected chi connectivity index (χ1v) is 6.89. The topological polar surface area (TPSA) is 66.8 Å². The van der Waals surface area contributed by atoms with Crippen LogP contribution in [0.4, 0.5) is 0 Å². The SMILES string of the molecule is C[C@H]1C[C@H](O)C[C@]2(C)C[C@H]3OC(=O)C(CO)=C3C=C12. The van der Waals surface area contributed by atoms with Crippen LogP contribution in [0.15, 0.2) is 22.8 Å². The number of carbonyl (C=O) groups excluding carboxylic acids is 1. The lowest BCUT2D eigenvalue weighted by atomic mass is 9.60. The molecule has 0 aromatic rings. The highest BCUT2D eigenvalue weighted by Crippen LogP contribution is 2.52. The fourth-order valence-electron chi connectivity index (χ4n) is 4.01. The molecule has 0 bridgehead atoms. The Kier molecular flexibility index (Phi) is 2.84. The predicted octanol–water partition coefficient (Wildman–Crippen LogP) is 1.33. The van der Waals surface area contributed by atoms with E-state index in [0.29, 0.717) is 17.9 Å². The normalized spacial score (nSPS) is 41.6. The second-order valence-electron chi connectivity index (χ2n) is 6.35. The number of ether oxygens (including phenoxy) is 1. The molecule has 4 heteroatoms. The Bertz CT molecular complexity index is 490. The average molecular weight is 264 g/mol. The van der Waals surface area contributed by atoms with Gasteiger partial charge in [0.25, 0.3) is 0 Å². The van der Waals surface area contributed by atoms with Crippen molar-refractivity contribution in [3.8, 4) is 0 Å². The van der Waals surface area contributed by atoms with Gasteiger partial charge in [-0.3, -0.25) is 0 Å². The first kappa shape index (κ1) is 12.9. The van der Waals surface area contributed by atoms with Crippen molar-refractivity contribution < 1.29 is 19.7 Å². The molecule has 1 saturated carbocycles. The molecule has 0 amide bonds. The van der Waals surface area contributed by atoms with Gasteiger partial charge < -0.3 is 14.9 Å². The van der Waals surface area contributed by atoms with E-state index in [4.69, 9.17) is 4.74 Å². The maximum absolute atomic E-state index is 11.7. The summed E-state index contributed by atoms with van der Waals surface area (Å²) >= 11 is 0. The van der Waals surface area contributed by atoms with Gasteiger partial charge in [0.15, 0.2) is 0 Å². The van der Waals surface area contributed by atoms with Gasteiger partial charge in [0.2, 0.25) is 0 Å². The summed E-state index contributed by atoms with van der Waals surface area (Å²) in [6.07, 6.45) is 3.71. The maximum atomic E-state index is 11.7. The summed E-state index contributed by atoms with van der Waals surface area (Å²) < 4.78 is 5.35. The molecule has 0 spiro atoms. The first-order chi connectivity index (χ1) is 8.94. The van der Waals surface area contributed by atoms with E-state index >= 15 is 0 Å². The molecule has 19 heavy (non-hydrogen) atoms. The molecule has 0 aromatic carbocycles. The molecular weight excluding hydrogens is 244 g/mol. The van der Waals surface area contributed by atoms with Crippen molar-refractivity contribution in [2.45, 2.75) is 45.3 Å². The summed E-state index contributed by atoms with van der Waals surface area (Å²) in [6, 6.07) is 0. The van der Waals surface area contributed by atoms with Crippen LogP contribution in [0.5, 0.6) is 0 Å². The van der Waals surface area contributed by atoms with Gasteiger partial charge in [-0.2, -0.15) is 0 Å². The third-order valence-corrected chi connectivity index (χ3v) is 4.84. The van der Waals surface area contributed by atoms with Crippen LogP contribution in [0.25, 0.3) is 0 Å². The van der Waals surface area contributed by atoms with Crippen LogP contribution in [-0.2, 0) is 9.53 Å². The summed E-state index contributed by atoms with van der Waals surface area (Å²) in [4.78, 5) is 11.7. The third-order valence-electron chi connectivity index (χ3n) is 4.84. The van der Waals surface area contributed by atoms with Crippen molar-refractivity contribution in [1.82, 2.24) is 0 Å². The molecule has 3 rings (SSSR count). The van der Waals surface area contributed by atoms with E-state index in [-0.39, 0.29) is 24.2 Å². The fourth-order valence-corrected chi connectivity index (χ4v) is 4.01. The highest BCUT2D eigenvalue weighted by Gasteiger charge is 2.47. The smallest absolute Gasteiger partial charge is 0.337 e. The van der Waals surface area contributed by atoms with Gasteiger partial charge in [0.1, 0.15) is 6.10 Å². The quantitative estimate of drug-likeness (QED) is 0.701. The van der Waals surface area contributed by atoms with Crippen LogP contribution in [0.3, 0.4) is 0 Å². The number of esters is 1. The molecule has 1 aliphatic heterocycles. The van der Waals surface area contributed by atoms with E-state index < -0.39 is 5.97 Å². The first-order valence-electron chi connectivity index (χ1n) is 6.89. The summed E-state index contributed by atoms with van der Waals surface area (Å²) in [7, 11) is 0. The van der Waals surface area contributed by atoms with Crippen LogP contribution in [-0.4, -0.2) is 35.0 Å². The lowest BCUT2D eigenvalue weighted by molar-refractivity contribution is -0.141. The van der Waals surface area contributed by atoms with Crippen molar-refractivity contribution >= 4 is 5.97 Å². The fraction of sp³-hybridized carbons (Fsp3) is 0.667. The lowest BCUT2D eigenvalue weighted by Crippen LogP contribution is -2.40. The maximum Gasteiger partial charge on any atom is 0.337 e. The average Bonchev–Trinajstić information content (AvgIpc) is 2.59. The molecule has 0 saturated heterocycles. The summed E-state index contributed by atoms with van der Waals surface area (Å²) in [6.45, 7) is 3.99. The third kappa shape index (κ3) is 1.85. The molecule has 4 nitrogen and oxygen atoms in total. The standard InChI is InChI=1S/C15H20O4/c1-8-3-9(17)5-15(2)6-13-10(4-12(8)15)11(7-16)14(18)19-13/h4,8-9,13,16-17H,3,5-7H2,1-2H3/t8-,9-,13+,15+/m0/s1. The van der Waals surface area contributed by atoms with Gasteiger partial charge in [0.05, 0.1) is 18.3 Å². The molecule has 3 aliphatic rings. The van der Waals surface area contributed by atoms with Crippen molar-refractivity contribution in [3.63, 3.8) is 0 Å². The van der Waals surface area contributed by atoms with Crippen molar-refractivity contribution in [2.24, 2.45) is 11.3 Å². The van der Waals surface area contributed by atoms with E-state index in [1.807, 2.05) is 6.08 Å². The van der Waals surface area contributed by atoms with Gasteiger partial charge in [-0.05, 0) is 30.6 Å². The molecular formula is C15H20O4. The summed E-state index contributed by atoms with van der Waals surface area (Å²) in [5.41, 5.74) is 2.44. The molecule has 104 valence electrons. The Morgan fingerprint density at radius 1 is 1.47 bits per heavy atom. The van der Waals surface area contributed by atoms with Crippen molar-refractivity contribution in [3.05, 3.63) is 22.8 Å². The Labute approximate surface area is 112 Å². The second kappa shape index (κ2) is 4.18. The van der Waals surface area contributed by atoms with E-state index in [9.17, 15) is 15.0 Å². The lowest BCUT2D eigenvalue weighted by Gasteiger charge is -2.46. The van der Waals surface area contributed by atoms with Crippen molar-refractivity contribution in [1.29, 1.82) is 0 Å². The Morgan fingerprint density at radius 2 is 2.21 bits per heavy atom. The zero-order valence-corrected chi connectivity index (χ0v) is 11.3. The molecule has 2 aliphatic carbocycles. The molecule has 0 unspecified atom stereocenters. The largest absolute Gasteiger partial charge is 0.454 e. The summed E-state index contributed by atoms with van der Waals surface area (Å²) in [5, 5.41) is 19.3. The van der Waals surface area contributed by atoms with Crippen LogP contribution >= 0.6 is 0 Å². The number of allylic oxidation sites excluding steroid dienone is 1. The molecule has 1 fully saturated rings. The van der Waals surface area contributed by atoms with Gasteiger partial charge in [-0.15, -0.1) is 0 Å². The number of fused-ring (bicyclic) bond motifs is 2. The number of hydrogen-bond acceptors (Lipinski definition) is 4. The number of aliphatic hydroxyl groups is 2. The van der Waals surface area contributed by atoms with E-state index in [0.717, 1.165) is 18.4 Å². The van der Waals surface area contributed by atoms with Crippen LogP contribution in [0.2, 0.25) is 0 Å². The van der Waals surface area contributed by atoms with Crippen LogP contribution < -0.4 is 0 Å². The van der Waals surface area contributed by atoms with E-state index in [1.165, 1.54) is 5.57 Å². The predicted molar refractivity (Wildman–Crippen MR) is 69.2 cm³/mol. The highest BCUT2D eigenvalue weighted by molar-refractivity contribution is 5.93. The van der Waals surface area contributed by atoms with Crippen LogP contribution in [0, 0.1) is 11.3 Å². The zero-order chi connectivity index (χ0) is 13.8. The Hall–Kier alpha value is -1.13. The molecule has 0 radical (unpaired) electrons. The number of carbonyl (C=O) groups is 1. The zero-order valence-electron chi connectivity index (χ0n) is 11.3. The minimum atomic E-state index is -0.394. The minimum absolute atomic E-state index is 0.101. The van der Waals surface area contributed by atoms with E-state index in [2.05, 4.69) is 13.8 Å². The number of aliphatic hydroxyl groups excluding tert-OH is 2. The van der Waals surface area contributed by atoms with Crippen LogP contribution in [0.1, 0.15) is 33.1 Å². The Morgan fingerprint density at radius 3 is 2.89 bits per heavy atom. The van der Waals surface area contributed by atoms with Gasteiger partial charge in [-0.1, -0.05) is 25.5 Å². The van der Waals surface area contributed by atoms with Gasteiger partial charge >= 0.3 is 5.97 Å².